The molecule has 0 aromatic rings. The summed E-state index contributed by atoms with van der Waals surface area (Å²) in [4.78, 5) is 12.8. The fourth-order valence-electron chi connectivity index (χ4n) is 2.22. The highest BCUT2D eigenvalue weighted by atomic mass is 19.1. The van der Waals surface area contributed by atoms with E-state index in [1.54, 1.807) is 0 Å². The van der Waals surface area contributed by atoms with Crippen molar-refractivity contribution in [3.05, 3.63) is 0 Å². The molecular weight excluding hydrogens is 197 g/mol. The Labute approximate surface area is 90.3 Å². The molecule has 1 fully saturated rings. The maximum Gasteiger partial charge on any atom is 0.338 e. The van der Waals surface area contributed by atoms with E-state index in [-0.39, 0.29) is 5.92 Å². The number of rotatable bonds is 4. The topological polar surface area (TPSA) is 40.5 Å². The van der Waals surface area contributed by atoms with E-state index in [1.165, 1.54) is 0 Å². The van der Waals surface area contributed by atoms with Crippen molar-refractivity contribution >= 4 is 5.97 Å². The smallest absolute Gasteiger partial charge is 0.338 e. The third-order valence-electron chi connectivity index (χ3n) is 3.06. The molecule has 0 spiro atoms. The number of aliphatic carboxylic acids is 1. The monoisotopic (exact) mass is 217 g/mol. The molecule has 88 valence electrons. The SMILES string of the molecule is CCCN1CCCC(C(F)C(=O)O)CC1. The van der Waals surface area contributed by atoms with Crippen molar-refractivity contribution in [2.24, 2.45) is 5.92 Å². The summed E-state index contributed by atoms with van der Waals surface area (Å²) in [5, 5.41) is 8.61. The third kappa shape index (κ3) is 3.78. The van der Waals surface area contributed by atoms with Crippen LogP contribution in [0.25, 0.3) is 0 Å². The fourth-order valence-corrected chi connectivity index (χ4v) is 2.22. The highest BCUT2D eigenvalue weighted by molar-refractivity contribution is 5.72. The van der Waals surface area contributed by atoms with Crippen LogP contribution in [0.5, 0.6) is 0 Å². The van der Waals surface area contributed by atoms with Crippen molar-refractivity contribution < 1.29 is 14.3 Å². The number of hydrogen-bond donors (Lipinski definition) is 1. The van der Waals surface area contributed by atoms with Gasteiger partial charge in [-0.1, -0.05) is 6.92 Å². The summed E-state index contributed by atoms with van der Waals surface area (Å²) in [5.41, 5.74) is 0. The predicted molar refractivity (Wildman–Crippen MR) is 56.6 cm³/mol. The van der Waals surface area contributed by atoms with Gasteiger partial charge in [0.1, 0.15) is 0 Å². The Morgan fingerprint density at radius 1 is 1.53 bits per heavy atom. The van der Waals surface area contributed by atoms with Crippen molar-refractivity contribution in [1.29, 1.82) is 0 Å². The van der Waals surface area contributed by atoms with Gasteiger partial charge in [-0.05, 0) is 45.3 Å². The van der Waals surface area contributed by atoms with Crippen LogP contribution in [-0.2, 0) is 4.79 Å². The quantitative estimate of drug-likeness (QED) is 0.782. The lowest BCUT2D eigenvalue weighted by Crippen LogP contribution is -2.28. The second-order valence-electron chi connectivity index (χ2n) is 4.27. The maximum atomic E-state index is 13.3. The number of hydrogen-bond acceptors (Lipinski definition) is 2. The second-order valence-corrected chi connectivity index (χ2v) is 4.27. The van der Waals surface area contributed by atoms with Crippen LogP contribution in [0.1, 0.15) is 32.6 Å². The zero-order valence-corrected chi connectivity index (χ0v) is 9.29. The highest BCUT2D eigenvalue weighted by Gasteiger charge is 2.29. The van der Waals surface area contributed by atoms with Gasteiger partial charge < -0.3 is 10.0 Å². The Morgan fingerprint density at radius 3 is 2.87 bits per heavy atom. The van der Waals surface area contributed by atoms with Gasteiger partial charge in [0.05, 0.1) is 0 Å². The molecule has 0 bridgehead atoms. The molecule has 0 radical (unpaired) electrons. The van der Waals surface area contributed by atoms with Crippen molar-refractivity contribution in [3.8, 4) is 0 Å². The lowest BCUT2D eigenvalue weighted by Gasteiger charge is -2.19. The van der Waals surface area contributed by atoms with Crippen molar-refractivity contribution in [3.63, 3.8) is 0 Å². The molecule has 0 aromatic carbocycles. The van der Waals surface area contributed by atoms with Gasteiger partial charge in [0.15, 0.2) is 6.17 Å². The minimum Gasteiger partial charge on any atom is -0.479 e. The summed E-state index contributed by atoms with van der Waals surface area (Å²) in [6.07, 6.45) is 1.72. The van der Waals surface area contributed by atoms with E-state index in [9.17, 15) is 9.18 Å². The van der Waals surface area contributed by atoms with E-state index in [0.29, 0.717) is 12.8 Å². The Kier molecular flexibility index (Phi) is 5.02. The first kappa shape index (κ1) is 12.4. The lowest BCUT2D eigenvalue weighted by atomic mass is 9.95. The molecular formula is C11H20FNO2. The first-order valence-corrected chi connectivity index (χ1v) is 5.74. The van der Waals surface area contributed by atoms with Crippen LogP contribution < -0.4 is 0 Å². The molecule has 2 unspecified atom stereocenters. The van der Waals surface area contributed by atoms with Crippen LogP contribution in [0.4, 0.5) is 4.39 Å². The van der Waals surface area contributed by atoms with Crippen molar-refractivity contribution in [2.75, 3.05) is 19.6 Å². The predicted octanol–water partition coefficient (Wildman–Crippen LogP) is 1.92. The summed E-state index contributed by atoms with van der Waals surface area (Å²) in [6, 6.07) is 0. The summed E-state index contributed by atoms with van der Waals surface area (Å²) < 4.78 is 13.3. The molecule has 3 nitrogen and oxygen atoms in total. The molecule has 4 heteroatoms. The van der Waals surface area contributed by atoms with Crippen LogP contribution in [0.2, 0.25) is 0 Å². The van der Waals surface area contributed by atoms with Gasteiger partial charge in [-0.15, -0.1) is 0 Å². The van der Waals surface area contributed by atoms with Crippen molar-refractivity contribution in [1.82, 2.24) is 4.90 Å². The average molecular weight is 217 g/mol. The van der Waals surface area contributed by atoms with Crippen molar-refractivity contribution in [2.45, 2.75) is 38.8 Å². The number of carboxylic acid groups (broad SMARTS) is 1. The van der Waals surface area contributed by atoms with E-state index in [4.69, 9.17) is 5.11 Å². The van der Waals surface area contributed by atoms with Gasteiger partial charge in [0.2, 0.25) is 0 Å². The minimum absolute atomic E-state index is 0.288. The maximum absolute atomic E-state index is 13.3. The number of likely N-dealkylation sites (tertiary alicyclic amines) is 1. The highest BCUT2D eigenvalue weighted by Crippen LogP contribution is 2.23. The molecule has 1 aliphatic heterocycles. The van der Waals surface area contributed by atoms with Crippen LogP contribution in [0.15, 0.2) is 0 Å². The van der Waals surface area contributed by atoms with E-state index < -0.39 is 12.1 Å². The molecule has 2 atom stereocenters. The zero-order chi connectivity index (χ0) is 11.3. The standard InChI is InChI=1S/C11H20FNO2/c1-2-6-13-7-3-4-9(5-8-13)10(12)11(14)15/h9-10H,2-8H2,1H3,(H,14,15). The fraction of sp³-hybridized carbons (Fsp3) is 0.909. The molecule has 0 aliphatic carbocycles. The zero-order valence-electron chi connectivity index (χ0n) is 9.29. The van der Waals surface area contributed by atoms with Gasteiger partial charge in [-0.3, -0.25) is 0 Å². The van der Waals surface area contributed by atoms with E-state index in [1.807, 2.05) is 0 Å². The second kappa shape index (κ2) is 6.05. The van der Waals surface area contributed by atoms with Gasteiger partial charge in [0.25, 0.3) is 0 Å². The molecule has 0 saturated carbocycles. The third-order valence-corrected chi connectivity index (χ3v) is 3.06. The summed E-state index contributed by atoms with van der Waals surface area (Å²) in [5.74, 6) is -1.59. The number of halogens is 1. The Bertz CT molecular complexity index is 211. The van der Waals surface area contributed by atoms with Crippen LogP contribution in [-0.4, -0.2) is 41.8 Å². The average Bonchev–Trinajstić information content (AvgIpc) is 2.43. The first-order chi connectivity index (χ1) is 7.15. The number of carbonyl (C=O) groups is 1. The Hall–Kier alpha value is -0.640. The summed E-state index contributed by atoms with van der Waals surface area (Å²) in [7, 11) is 0. The van der Waals surface area contributed by atoms with Crippen LogP contribution in [0, 0.1) is 5.92 Å². The molecule has 1 saturated heterocycles. The Morgan fingerprint density at radius 2 is 2.27 bits per heavy atom. The number of alkyl halides is 1. The molecule has 1 heterocycles. The van der Waals surface area contributed by atoms with Gasteiger partial charge >= 0.3 is 5.97 Å². The molecule has 1 rings (SSSR count). The molecule has 0 amide bonds. The van der Waals surface area contributed by atoms with Gasteiger partial charge in [-0.25, -0.2) is 9.18 Å². The molecule has 1 N–H and O–H groups in total. The number of carboxylic acids is 1. The molecule has 0 aromatic heterocycles. The normalized spacial score (nSPS) is 25.9. The summed E-state index contributed by atoms with van der Waals surface area (Å²) in [6.45, 7) is 4.98. The molecule has 15 heavy (non-hydrogen) atoms. The Balaban J connectivity index is 2.41. The lowest BCUT2D eigenvalue weighted by molar-refractivity contribution is -0.145. The van der Waals surface area contributed by atoms with Gasteiger partial charge in [-0.2, -0.15) is 0 Å². The van der Waals surface area contributed by atoms with E-state index >= 15 is 0 Å². The van der Waals surface area contributed by atoms with E-state index in [2.05, 4.69) is 11.8 Å². The minimum atomic E-state index is -1.67. The van der Waals surface area contributed by atoms with E-state index in [0.717, 1.165) is 32.5 Å². The van der Waals surface area contributed by atoms with Crippen LogP contribution in [0.3, 0.4) is 0 Å². The first-order valence-electron chi connectivity index (χ1n) is 5.74. The molecule has 1 aliphatic rings. The number of nitrogens with zero attached hydrogens (tertiary/aromatic N) is 1. The van der Waals surface area contributed by atoms with Crippen LogP contribution >= 0.6 is 0 Å². The summed E-state index contributed by atoms with van der Waals surface area (Å²) >= 11 is 0. The van der Waals surface area contributed by atoms with Gasteiger partial charge in [0, 0.05) is 5.92 Å². The largest absolute Gasteiger partial charge is 0.479 e.